The highest BCUT2D eigenvalue weighted by atomic mass is 79.9. The molecule has 1 aromatic heterocycles. The zero-order valence-electron chi connectivity index (χ0n) is 19.9. The van der Waals surface area contributed by atoms with Crippen molar-refractivity contribution in [2.24, 2.45) is 0 Å². The molecule has 0 unspecified atom stereocenters. The van der Waals surface area contributed by atoms with Crippen LogP contribution in [0, 0.1) is 6.92 Å². The van der Waals surface area contributed by atoms with Crippen molar-refractivity contribution in [3.05, 3.63) is 97.9 Å². The highest BCUT2D eigenvalue weighted by molar-refractivity contribution is 9.10. The van der Waals surface area contributed by atoms with Gasteiger partial charge in [0.15, 0.2) is 0 Å². The minimum atomic E-state index is -4.23. The molecule has 0 aliphatic rings. The van der Waals surface area contributed by atoms with Gasteiger partial charge in [-0.05, 0) is 46.6 Å². The first kappa shape index (κ1) is 27.3. The molecular formula is C25H25BrN2O7S. The molecular weight excluding hydrogens is 552 g/mol. The van der Waals surface area contributed by atoms with E-state index < -0.39 is 40.6 Å². The molecule has 0 radical (unpaired) electrons. The molecule has 36 heavy (non-hydrogen) atoms. The predicted molar refractivity (Wildman–Crippen MR) is 136 cm³/mol. The number of carbonyl (C=O) groups excluding carboxylic acids is 2. The third kappa shape index (κ3) is 6.10. The molecule has 2 aromatic carbocycles. The highest BCUT2D eigenvalue weighted by Crippen LogP contribution is 2.23. The summed E-state index contributed by atoms with van der Waals surface area (Å²) in [7, 11) is -1.90. The first-order valence-electron chi connectivity index (χ1n) is 10.8. The van der Waals surface area contributed by atoms with Gasteiger partial charge < -0.3 is 14.0 Å². The topological polar surface area (TPSA) is 112 Å². The minimum Gasteiger partial charge on any atom is -0.468 e. The molecule has 190 valence electrons. The van der Waals surface area contributed by atoms with Crippen LogP contribution in [-0.4, -0.2) is 50.0 Å². The van der Waals surface area contributed by atoms with E-state index >= 15 is 0 Å². The molecule has 0 aliphatic carbocycles. The SMILES string of the molecule is COC(=O)CN(Cc1c(C(=O)OC)cc(Br)c(=O)n1Cc1ccccc1)S(=O)(=O)c1ccc(C)cc1. The molecule has 0 spiro atoms. The van der Waals surface area contributed by atoms with Crippen molar-refractivity contribution in [3.8, 4) is 0 Å². The van der Waals surface area contributed by atoms with E-state index in [2.05, 4.69) is 15.9 Å². The van der Waals surface area contributed by atoms with E-state index in [9.17, 15) is 22.8 Å². The van der Waals surface area contributed by atoms with Gasteiger partial charge in [0, 0.05) is 0 Å². The van der Waals surface area contributed by atoms with Crippen LogP contribution in [0.5, 0.6) is 0 Å². The Kier molecular flexibility index (Phi) is 8.83. The van der Waals surface area contributed by atoms with E-state index in [0.717, 1.165) is 22.5 Å². The summed E-state index contributed by atoms with van der Waals surface area (Å²) in [6.07, 6.45) is 0. The number of ether oxygens (including phenoxy) is 2. The summed E-state index contributed by atoms with van der Waals surface area (Å²) in [6.45, 7) is 0.762. The average molecular weight is 577 g/mol. The second-order valence-electron chi connectivity index (χ2n) is 7.88. The highest BCUT2D eigenvalue weighted by Gasteiger charge is 2.31. The molecule has 3 aromatic rings. The maximum absolute atomic E-state index is 13.6. The fourth-order valence-electron chi connectivity index (χ4n) is 3.52. The number of carbonyl (C=O) groups is 2. The summed E-state index contributed by atoms with van der Waals surface area (Å²) in [6, 6.07) is 16.4. The Hall–Kier alpha value is -3.28. The summed E-state index contributed by atoms with van der Waals surface area (Å²) in [5.41, 5.74) is 1.17. The summed E-state index contributed by atoms with van der Waals surface area (Å²) >= 11 is 3.20. The van der Waals surface area contributed by atoms with Gasteiger partial charge in [0.25, 0.3) is 5.56 Å². The number of nitrogens with zero attached hydrogens (tertiary/aromatic N) is 2. The van der Waals surface area contributed by atoms with E-state index in [1.54, 1.807) is 36.4 Å². The molecule has 0 saturated carbocycles. The van der Waals surface area contributed by atoms with Crippen molar-refractivity contribution in [3.63, 3.8) is 0 Å². The molecule has 0 fully saturated rings. The molecule has 0 amide bonds. The van der Waals surface area contributed by atoms with E-state index in [4.69, 9.17) is 9.47 Å². The maximum atomic E-state index is 13.6. The number of pyridine rings is 1. The zero-order chi connectivity index (χ0) is 26.5. The van der Waals surface area contributed by atoms with Gasteiger partial charge in [-0.3, -0.25) is 9.59 Å². The second-order valence-corrected chi connectivity index (χ2v) is 10.7. The van der Waals surface area contributed by atoms with Gasteiger partial charge in [0.2, 0.25) is 10.0 Å². The lowest BCUT2D eigenvalue weighted by atomic mass is 10.1. The van der Waals surface area contributed by atoms with Crippen LogP contribution in [0.15, 0.2) is 74.8 Å². The second kappa shape index (κ2) is 11.6. The smallest absolute Gasteiger partial charge is 0.339 e. The Morgan fingerprint density at radius 1 is 1.00 bits per heavy atom. The lowest BCUT2D eigenvalue weighted by Gasteiger charge is -2.25. The minimum absolute atomic E-state index is 0.0196. The fraction of sp³-hybridized carbons (Fsp3) is 0.240. The first-order valence-corrected chi connectivity index (χ1v) is 13.0. The number of aromatic nitrogens is 1. The molecule has 9 nitrogen and oxygen atoms in total. The van der Waals surface area contributed by atoms with Crippen molar-refractivity contribution in [1.29, 1.82) is 0 Å². The van der Waals surface area contributed by atoms with Crippen molar-refractivity contribution in [2.45, 2.75) is 24.9 Å². The predicted octanol–water partition coefficient (Wildman–Crippen LogP) is 3.12. The summed E-state index contributed by atoms with van der Waals surface area (Å²) in [5, 5.41) is 0. The molecule has 3 rings (SSSR count). The first-order chi connectivity index (χ1) is 17.1. The molecule has 11 heteroatoms. The molecule has 0 saturated heterocycles. The Morgan fingerprint density at radius 2 is 1.64 bits per heavy atom. The third-order valence-corrected chi connectivity index (χ3v) is 7.84. The molecule has 0 atom stereocenters. The molecule has 1 heterocycles. The number of aryl methyl sites for hydroxylation is 1. The number of sulfonamides is 1. The van der Waals surface area contributed by atoms with E-state index in [1.165, 1.54) is 29.9 Å². The van der Waals surface area contributed by atoms with Crippen LogP contribution in [0.25, 0.3) is 0 Å². The van der Waals surface area contributed by atoms with Gasteiger partial charge in [0.1, 0.15) is 6.54 Å². The van der Waals surface area contributed by atoms with Gasteiger partial charge in [-0.1, -0.05) is 48.0 Å². The Morgan fingerprint density at radius 3 is 2.22 bits per heavy atom. The van der Waals surface area contributed by atoms with Crippen LogP contribution < -0.4 is 5.56 Å². The Balaban J connectivity index is 2.22. The summed E-state index contributed by atoms with van der Waals surface area (Å²) in [5.74, 6) is -1.57. The van der Waals surface area contributed by atoms with Gasteiger partial charge in [-0.25, -0.2) is 13.2 Å². The third-order valence-electron chi connectivity index (χ3n) is 5.46. The number of hydrogen-bond acceptors (Lipinski definition) is 7. The lowest BCUT2D eigenvalue weighted by molar-refractivity contribution is -0.140. The monoisotopic (exact) mass is 576 g/mol. The number of benzene rings is 2. The Labute approximate surface area is 217 Å². The average Bonchev–Trinajstić information content (AvgIpc) is 2.87. The largest absolute Gasteiger partial charge is 0.468 e. The van der Waals surface area contributed by atoms with Crippen molar-refractivity contribution in [1.82, 2.24) is 8.87 Å². The van der Waals surface area contributed by atoms with Crippen molar-refractivity contribution < 1.29 is 27.5 Å². The standard InChI is InChI=1S/C25H25BrN2O7S/c1-17-9-11-19(12-10-17)36(32,33)27(16-23(29)34-2)15-22-20(25(31)35-3)13-21(26)24(30)28(22)14-18-7-5-4-6-8-18/h4-13H,14-16H2,1-3H3. The summed E-state index contributed by atoms with van der Waals surface area (Å²) < 4.78 is 39.1. The van der Waals surface area contributed by atoms with Gasteiger partial charge in [-0.2, -0.15) is 4.31 Å². The van der Waals surface area contributed by atoms with Crippen LogP contribution in [0.3, 0.4) is 0 Å². The lowest BCUT2D eigenvalue weighted by Crippen LogP contribution is -2.39. The van der Waals surface area contributed by atoms with Crippen molar-refractivity contribution in [2.75, 3.05) is 20.8 Å². The Bertz CT molecular complexity index is 1420. The fourth-order valence-corrected chi connectivity index (χ4v) is 5.31. The van der Waals surface area contributed by atoms with E-state index in [1.807, 2.05) is 13.0 Å². The number of hydrogen-bond donors (Lipinski definition) is 0. The maximum Gasteiger partial charge on any atom is 0.339 e. The number of rotatable bonds is 9. The van der Waals surface area contributed by atoms with E-state index in [0.29, 0.717) is 0 Å². The quantitative estimate of drug-likeness (QED) is 0.360. The number of methoxy groups -OCH3 is 2. The van der Waals surface area contributed by atoms with Crippen LogP contribution in [-0.2, 0) is 37.4 Å². The molecule has 0 N–H and O–H groups in total. The number of halogens is 1. The van der Waals surface area contributed by atoms with Gasteiger partial charge in [-0.15, -0.1) is 0 Å². The zero-order valence-corrected chi connectivity index (χ0v) is 22.3. The summed E-state index contributed by atoms with van der Waals surface area (Å²) in [4.78, 5) is 38.1. The van der Waals surface area contributed by atoms with Crippen molar-refractivity contribution >= 4 is 37.9 Å². The molecule has 0 aliphatic heterocycles. The van der Waals surface area contributed by atoms with E-state index in [-0.39, 0.29) is 27.2 Å². The van der Waals surface area contributed by atoms with Crippen LogP contribution in [0.1, 0.15) is 27.2 Å². The normalized spacial score (nSPS) is 11.4. The van der Waals surface area contributed by atoms with Gasteiger partial charge >= 0.3 is 11.9 Å². The van der Waals surface area contributed by atoms with Crippen LogP contribution in [0.2, 0.25) is 0 Å². The van der Waals surface area contributed by atoms with Crippen LogP contribution >= 0.6 is 15.9 Å². The van der Waals surface area contributed by atoms with Crippen LogP contribution in [0.4, 0.5) is 0 Å². The van der Waals surface area contributed by atoms with Gasteiger partial charge in [0.05, 0.1) is 47.9 Å². The number of esters is 2. The molecule has 0 bridgehead atoms.